The number of fused-ring (bicyclic) bond motifs is 3. The number of hydrogen-bond donors (Lipinski definition) is 2. The monoisotopic (exact) mass is 473 g/mol. The highest BCUT2D eigenvalue weighted by atomic mass is 32.2. The fourth-order valence-electron chi connectivity index (χ4n) is 4.47. The van der Waals surface area contributed by atoms with Gasteiger partial charge in [-0.3, -0.25) is 14.6 Å². The van der Waals surface area contributed by atoms with Crippen LogP contribution in [0.4, 0.5) is 0 Å². The Morgan fingerprint density at radius 1 is 1.24 bits per heavy atom. The second kappa shape index (κ2) is 8.28. The fraction of sp³-hybridized carbons (Fsp3) is 0.381. The number of rotatable bonds is 7. The summed E-state index contributed by atoms with van der Waals surface area (Å²) >= 11 is 0. The van der Waals surface area contributed by atoms with Gasteiger partial charge in [-0.15, -0.1) is 0 Å². The molecule has 11 nitrogen and oxygen atoms in total. The maximum Gasteiger partial charge on any atom is 0.289 e. The van der Waals surface area contributed by atoms with Gasteiger partial charge in [0.15, 0.2) is 5.76 Å². The molecule has 3 aromatic heterocycles. The van der Waals surface area contributed by atoms with Crippen LogP contribution in [0, 0.1) is 0 Å². The number of H-pyrrole nitrogens is 1. The quantitative estimate of drug-likeness (QED) is 0.485. The molecule has 0 saturated carbocycles. The second-order valence-corrected chi connectivity index (χ2v) is 9.89. The van der Waals surface area contributed by atoms with Crippen LogP contribution >= 0.6 is 0 Å². The Morgan fingerprint density at radius 2 is 2.00 bits per heavy atom. The van der Waals surface area contributed by atoms with E-state index in [9.17, 15) is 18.0 Å². The number of nitrogens with zero attached hydrogens (tertiary/aromatic N) is 3. The van der Waals surface area contributed by atoms with Crippen molar-refractivity contribution in [1.29, 1.82) is 0 Å². The van der Waals surface area contributed by atoms with Gasteiger partial charge < -0.3 is 23.9 Å². The smallest absolute Gasteiger partial charge is 0.289 e. The average Bonchev–Trinajstić information content (AvgIpc) is 3.60. The van der Waals surface area contributed by atoms with Crippen molar-refractivity contribution in [3.63, 3.8) is 0 Å². The first-order valence-corrected chi connectivity index (χ1v) is 12.0. The second-order valence-electron chi connectivity index (χ2n) is 8.12. The number of ether oxygens (including phenoxy) is 1. The van der Waals surface area contributed by atoms with Gasteiger partial charge in [-0.05, 0) is 24.6 Å². The molecule has 2 aliphatic rings. The van der Waals surface area contributed by atoms with Crippen LogP contribution in [0.25, 0.3) is 11.0 Å². The van der Waals surface area contributed by atoms with E-state index in [0.29, 0.717) is 25.1 Å². The van der Waals surface area contributed by atoms with Crippen molar-refractivity contribution in [2.24, 2.45) is 0 Å². The predicted molar refractivity (Wildman–Crippen MR) is 116 cm³/mol. The molecule has 33 heavy (non-hydrogen) atoms. The molecule has 2 aliphatic heterocycles. The van der Waals surface area contributed by atoms with Gasteiger partial charge in [0.2, 0.25) is 10.0 Å². The minimum atomic E-state index is -3.74. The minimum absolute atomic E-state index is 0.0116. The number of hydrogen-bond acceptors (Lipinski definition) is 7. The third kappa shape index (κ3) is 3.90. The highest BCUT2D eigenvalue weighted by Gasteiger charge is 2.48. The highest BCUT2D eigenvalue weighted by Crippen LogP contribution is 2.33. The number of carbonyl (C=O) groups is 2. The molecule has 2 saturated heterocycles. The number of carbonyl (C=O) groups excluding carboxylic acids is 2. The van der Waals surface area contributed by atoms with Crippen molar-refractivity contribution in [2.75, 3.05) is 33.4 Å². The summed E-state index contributed by atoms with van der Waals surface area (Å²) in [4.78, 5) is 36.3. The molecular weight excluding hydrogens is 450 g/mol. The zero-order valence-electron chi connectivity index (χ0n) is 17.9. The first-order chi connectivity index (χ1) is 15.9. The van der Waals surface area contributed by atoms with Gasteiger partial charge in [-0.25, -0.2) is 13.1 Å². The van der Waals surface area contributed by atoms with Gasteiger partial charge in [0.1, 0.15) is 16.2 Å². The van der Waals surface area contributed by atoms with Crippen molar-refractivity contribution in [2.45, 2.75) is 23.4 Å². The third-order valence-electron chi connectivity index (χ3n) is 6.09. The zero-order valence-corrected chi connectivity index (χ0v) is 18.7. The summed E-state index contributed by atoms with van der Waals surface area (Å²) in [5.74, 6) is -0.243. The molecule has 5 heterocycles. The van der Waals surface area contributed by atoms with Gasteiger partial charge in [0.05, 0.1) is 18.7 Å². The molecule has 2 fully saturated rings. The van der Waals surface area contributed by atoms with Gasteiger partial charge in [0, 0.05) is 50.7 Å². The number of nitrogens with one attached hydrogen (secondary N) is 2. The maximum absolute atomic E-state index is 13.0. The Labute approximate surface area is 189 Å². The lowest BCUT2D eigenvalue weighted by Crippen LogP contribution is -2.50. The molecule has 0 unspecified atom stereocenters. The van der Waals surface area contributed by atoms with E-state index in [1.807, 2.05) is 0 Å². The summed E-state index contributed by atoms with van der Waals surface area (Å²) < 4.78 is 37.6. The first-order valence-electron chi connectivity index (χ1n) is 10.5. The Bertz CT molecular complexity index is 1280. The number of pyridine rings is 1. The van der Waals surface area contributed by atoms with Gasteiger partial charge in [-0.1, -0.05) is 0 Å². The molecule has 0 spiro atoms. The van der Waals surface area contributed by atoms with Crippen LogP contribution in [-0.2, 0) is 14.8 Å². The topological polar surface area (TPSA) is 138 Å². The Balaban J connectivity index is 1.25. The SMILES string of the molecule is COCCNS(=O)(=O)c1c[nH]c(C(=O)N2C[C@@H]3C[C@H]2CN3C(=O)c2cc3cnccc3o2)c1. The van der Waals surface area contributed by atoms with E-state index in [4.69, 9.17) is 9.15 Å². The summed E-state index contributed by atoms with van der Waals surface area (Å²) in [7, 11) is -2.26. The molecule has 3 aromatic rings. The molecular formula is C21H23N5O6S. The number of sulfonamides is 1. The van der Waals surface area contributed by atoms with Crippen LogP contribution in [0.2, 0.25) is 0 Å². The molecule has 0 aliphatic carbocycles. The Hall–Kier alpha value is -3.22. The van der Waals surface area contributed by atoms with E-state index in [-0.39, 0.29) is 53.4 Å². The third-order valence-corrected chi connectivity index (χ3v) is 7.53. The summed E-state index contributed by atoms with van der Waals surface area (Å²) in [6.07, 6.45) is 5.21. The number of aromatic amines is 1. The van der Waals surface area contributed by atoms with E-state index >= 15 is 0 Å². The summed E-state index contributed by atoms with van der Waals surface area (Å²) in [5, 5.41) is 0.760. The number of likely N-dealkylation sites (tertiary alicyclic amines) is 2. The van der Waals surface area contributed by atoms with E-state index < -0.39 is 10.0 Å². The lowest BCUT2D eigenvalue weighted by atomic mass is 10.2. The molecule has 0 radical (unpaired) electrons. The first kappa shape index (κ1) is 21.6. The largest absolute Gasteiger partial charge is 0.451 e. The molecule has 2 N–H and O–H groups in total. The molecule has 5 rings (SSSR count). The van der Waals surface area contributed by atoms with Crippen LogP contribution in [0.5, 0.6) is 0 Å². The van der Waals surface area contributed by atoms with Crippen LogP contribution < -0.4 is 4.72 Å². The molecule has 2 atom stereocenters. The maximum atomic E-state index is 13.0. The average molecular weight is 474 g/mol. The lowest BCUT2D eigenvalue weighted by molar-refractivity contribution is 0.0508. The fourth-order valence-corrected chi connectivity index (χ4v) is 5.47. The van der Waals surface area contributed by atoms with E-state index in [2.05, 4.69) is 14.7 Å². The number of amides is 2. The number of methoxy groups -OCH3 is 1. The summed E-state index contributed by atoms with van der Waals surface area (Å²) in [6, 6.07) is 4.46. The van der Waals surface area contributed by atoms with Crippen LogP contribution in [0.15, 0.2) is 46.1 Å². The molecule has 2 bridgehead atoms. The zero-order chi connectivity index (χ0) is 23.2. The van der Waals surface area contributed by atoms with E-state index in [0.717, 1.165) is 5.39 Å². The van der Waals surface area contributed by atoms with Crippen LogP contribution in [0.1, 0.15) is 27.5 Å². The van der Waals surface area contributed by atoms with Crippen molar-refractivity contribution in [1.82, 2.24) is 24.5 Å². The standard InChI is InChI=1S/C21H23N5O6S/c1-31-5-4-24-33(29,30)16-8-17(23-10-16)20(27)25-11-15-7-14(25)12-26(15)21(28)19-6-13-9-22-3-2-18(13)32-19/h2-3,6,8-10,14-15,23-24H,4-5,7,11-12H2,1H3/t14-,15-/m0/s1. The molecule has 2 amide bonds. The molecule has 12 heteroatoms. The van der Waals surface area contributed by atoms with Gasteiger partial charge in [-0.2, -0.15) is 0 Å². The predicted octanol–water partition coefficient (Wildman–Crippen LogP) is 0.820. The number of piperazine rings is 1. The number of furan rings is 1. The Kier molecular flexibility index (Phi) is 5.43. The summed E-state index contributed by atoms with van der Waals surface area (Å²) in [6.45, 7) is 1.15. The van der Waals surface area contributed by atoms with Crippen molar-refractivity contribution in [3.05, 3.63) is 48.2 Å². The highest BCUT2D eigenvalue weighted by molar-refractivity contribution is 7.89. The van der Waals surface area contributed by atoms with E-state index in [1.165, 1.54) is 19.4 Å². The minimum Gasteiger partial charge on any atom is -0.451 e. The van der Waals surface area contributed by atoms with Crippen molar-refractivity contribution in [3.8, 4) is 0 Å². The van der Waals surface area contributed by atoms with E-state index in [1.54, 1.807) is 34.3 Å². The van der Waals surface area contributed by atoms with Crippen LogP contribution in [0.3, 0.4) is 0 Å². The van der Waals surface area contributed by atoms with Crippen LogP contribution in [-0.4, -0.2) is 85.4 Å². The number of aromatic nitrogens is 2. The lowest BCUT2D eigenvalue weighted by Gasteiger charge is -2.33. The summed E-state index contributed by atoms with van der Waals surface area (Å²) in [5.41, 5.74) is 0.793. The van der Waals surface area contributed by atoms with Crippen molar-refractivity contribution < 1.29 is 27.2 Å². The Morgan fingerprint density at radius 3 is 2.70 bits per heavy atom. The van der Waals surface area contributed by atoms with Gasteiger partial charge in [0.25, 0.3) is 11.8 Å². The molecule has 174 valence electrons. The van der Waals surface area contributed by atoms with Gasteiger partial charge >= 0.3 is 0 Å². The van der Waals surface area contributed by atoms with Crippen molar-refractivity contribution >= 4 is 32.8 Å². The normalized spacial score (nSPS) is 20.2. The molecule has 0 aromatic carbocycles.